The van der Waals surface area contributed by atoms with Gasteiger partial charge in [-0.3, -0.25) is 0 Å². The molecule has 2 rings (SSSR count). The molecule has 1 heterocycles. The second kappa shape index (κ2) is 2.91. The minimum absolute atomic E-state index is 0.282. The number of nitrogens with zero attached hydrogens (tertiary/aromatic N) is 3. The Morgan fingerprint density at radius 2 is 2.25 bits per heavy atom. The van der Waals surface area contributed by atoms with E-state index in [1.54, 1.807) is 0 Å². The summed E-state index contributed by atoms with van der Waals surface area (Å²) < 4.78 is 5.29. The van der Waals surface area contributed by atoms with Crippen molar-refractivity contribution < 1.29 is 20.1 Å². The number of ether oxygens (including phenoxy) is 1. The van der Waals surface area contributed by atoms with Gasteiger partial charge in [-0.05, 0) is 5.53 Å². The fraction of sp³-hybridized carbons (Fsp3) is 0.750. The molecule has 0 bridgehead atoms. The van der Waals surface area contributed by atoms with Crippen LogP contribution >= 0.6 is 0 Å². The third kappa shape index (κ3) is 0.845. The zero-order valence-corrected chi connectivity index (χ0v) is 8.53. The van der Waals surface area contributed by atoms with E-state index in [1.165, 1.54) is 7.85 Å². The maximum Gasteiger partial charge on any atom is 0.177 e. The van der Waals surface area contributed by atoms with Crippen LogP contribution in [0.3, 0.4) is 0 Å². The molecule has 84 valence electrons. The summed E-state index contributed by atoms with van der Waals surface area (Å²) in [5, 5.41) is 33.1. The van der Waals surface area contributed by atoms with Gasteiger partial charge in [0, 0.05) is 4.91 Å². The maximum atomic E-state index is 10.2. The van der Waals surface area contributed by atoms with Gasteiger partial charge in [0.05, 0.1) is 12.5 Å². The topological polar surface area (TPSA) is 119 Å². The van der Waals surface area contributed by atoms with Crippen molar-refractivity contribution >= 4 is 7.85 Å². The number of hydrogen-bond donors (Lipinski definition) is 3. The van der Waals surface area contributed by atoms with Crippen molar-refractivity contribution in [1.29, 1.82) is 0 Å². The van der Waals surface area contributed by atoms with Crippen LogP contribution in [-0.4, -0.2) is 58.6 Å². The number of aliphatic hydroxyl groups excluding tert-OH is 1. The zero-order valence-electron chi connectivity index (χ0n) is 8.53. The van der Waals surface area contributed by atoms with Crippen LogP contribution in [0, 0.1) is 12.3 Å². The lowest BCUT2D eigenvalue weighted by atomic mass is 9.79. The number of rotatable bonds is 2. The predicted molar refractivity (Wildman–Crippen MR) is 54.9 cm³/mol. The molecule has 7 nitrogen and oxygen atoms in total. The summed E-state index contributed by atoms with van der Waals surface area (Å²) in [4.78, 5) is 2.52. The Hall–Kier alpha value is -1.23. The van der Waals surface area contributed by atoms with Crippen LogP contribution in [0.1, 0.15) is 0 Å². The molecular weight excluding hydrogens is 213 g/mol. The number of azide groups is 1. The Morgan fingerprint density at radius 1 is 1.62 bits per heavy atom. The summed E-state index contributed by atoms with van der Waals surface area (Å²) in [6.07, 6.45) is 3.80. The van der Waals surface area contributed by atoms with Crippen molar-refractivity contribution in [2.24, 2.45) is 5.11 Å². The molecule has 0 aromatic rings. The minimum atomic E-state index is -1.97. The summed E-state index contributed by atoms with van der Waals surface area (Å²) in [5.74, 6) is 2.04. The van der Waals surface area contributed by atoms with E-state index in [0.717, 1.165) is 0 Å². The smallest absolute Gasteiger partial charge is 0.177 e. The van der Waals surface area contributed by atoms with Crippen LogP contribution in [0.4, 0.5) is 0 Å². The molecule has 0 amide bonds. The van der Waals surface area contributed by atoms with Crippen LogP contribution in [-0.2, 0) is 4.74 Å². The summed E-state index contributed by atoms with van der Waals surface area (Å²) >= 11 is 0. The predicted octanol–water partition coefficient (Wildman–Crippen LogP) is -2.51. The van der Waals surface area contributed by atoms with Gasteiger partial charge in [0.25, 0.3) is 0 Å². The summed E-state index contributed by atoms with van der Waals surface area (Å²) in [7, 11) is 1.48. The van der Waals surface area contributed by atoms with E-state index < -0.39 is 28.9 Å². The zero-order chi connectivity index (χ0) is 12.2. The highest BCUT2D eigenvalue weighted by atomic mass is 16.6. The van der Waals surface area contributed by atoms with Gasteiger partial charge in [-0.15, -0.1) is 6.42 Å². The molecule has 0 radical (unpaired) electrons. The van der Waals surface area contributed by atoms with Gasteiger partial charge >= 0.3 is 0 Å². The molecule has 1 saturated heterocycles. The molecule has 1 saturated carbocycles. The third-order valence-electron chi connectivity index (χ3n) is 3.54. The fourth-order valence-electron chi connectivity index (χ4n) is 2.48. The van der Waals surface area contributed by atoms with E-state index in [1.807, 2.05) is 5.92 Å². The molecule has 2 fully saturated rings. The molecule has 16 heavy (non-hydrogen) atoms. The Balaban J connectivity index is 2.42. The molecule has 2 aliphatic rings. The normalized spacial score (nSPS) is 53.6. The average Bonchev–Trinajstić information content (AvgIpc) is 2.66. The Morgan fingerprint density at radius 3 is 2.75 bits per heavy atom. The van der Waals surface area contributed by atoms with E-state index >= 15 is 0 Å². The first-order valence-electron chi connectivity index (χ1n) is 4.70. The highest BCUT2D eigenvalue weighted by molar-refractivity contribution is 6.13. The third-order valence-corrected chi connectivity index (χ3v) is 3.54. The Labute approximate surface area is 92.1 Å². The molecular formula is C8H10BN3O4. The second-order valence-corrected chi connectivity index (χ2v) is 4.12. The van der Waals surface area contributed by atoms with Crippen molar-refractivity contribution in [3.63, 3.8) is 0 Å². The molecule has 0 aromatic heterocycles. The van der Waals surface area contributed by atoms with E-state index in [4.69, 9.17) is 16.7 Å². The number of terminal acetylenes is 1. The quantitative estimate of drug-likeness (QED) is 0.157. The second-order valence-electron chi connectivity index (χ2n) is 4.12. The summed E-state index contributed by atoms with van der Waals surface area (Å²) in [6.45, 7) is -0.282. The molecule has 0 aromatic carbocycles. The highest BCUT2D eigenvalue weighted by Gasteiger charge is 2.90. The lowest BCUT2D eigenvalue weighted by Gasteiger charge is -2.27. The van der Waals surface area contributed by atoms with E-state index in [0.29, 0.717) is 0 Å². The first-order valence-corrected chi connectivity index (χ1v) is 4.70. The molecule has 1 unspecified atom stereocenters. The van der Waals surface area contributed by atoms with E-state index in [9.17, 15) is 15.3 Å². The van der Waals surface area contributed by atoms with Crippen LogP contribution in [0.2, 0.25) is 0 Å². The standard InChI is InChI=1S/C8H10BN3O4/c1-2-6(14)5(9)16-7(3-11-12-10)4(13)8(6,7)15/h1,4-5,13-15H,3,9H2/t4?,5-,6+,7-,8-/m1/s1. The van der Waals surface area contributed by atoms with Crippen molar-refractivity contribution in [3.05, 3.63) is 10.4 Å². The molecule has 5 atom stereocenters. The Kier molecular flexibility index (Phi) is 2.05. The van der Waals surface area contributed by atoms with Crippen molar-refractivity contribution in [1.82, 2.24) is 0 Å². The monoisotopic (exact) mass is 223 g/mol. The average molecular weight is 223 g/mol. The van der Waals surface area contributed by atoms with Crippen molar-refractivity contribution in [2.45, 2.75) is 28.9 Å². The van der Waals surface area contributed by atoms with Crippen LogP contribution < -0.4 is 0 Å². The van der Waals surface area contributed by atoms with Gasteiger partial charge in [0.1, 0.15) is 19.6 Å². The molecule has 0 spiro atoms. The first-order chi connectivity index (χ1) is 7.40. The molecule has 3 N–H and O–H groups in total. The summed E-state index contributed by atoms with van der Waals surface area (Å²) in [6, 6.07) is -0.847. The van der Waals surface area contributed by atoms with E-state index in [2.05, 4.69) is 10.0 Å². The SMILES string of the molecule is B[C@@H]1O[C@]2(CN=[N+]=[N-])C(O)[C@@]2(O)[C@]1(O)C#C. The number of aliphatic hydroxyl groups is 3. The Bertz CT molecular complexity index is 433. The largest absolute Gasteiger partial charge is 0.387 e. The van der Waals surface area contributed by atoms with Crippen LogP contribution in [0.25, 0.3) is 10.4 Å². The van der Waals surface area contributed by atoms with Gasteiger partial charge in [0.2, 0.25) is 0 Å². The molecule has 1 aliphatic heterocycles. The maximum absolute atomic E-state index is 10.2. The number of fused-ring (bicyclic) bond motifs is 1. The van der Waals surface area contributed by atoms with Crippen LogP contribution in [0.5, 0.6) is 0 Å². The highest BCUT2D eigenvalue weighted by Crippen LogP contribution is 2.63. The summed E-state index contributed by atoms with van der Waals surface area (Å²) in [5.41, 5.74) is 2.79. The molecule has 8 heteroatoms. The van der Waals surface area contributed by atoms with Crippen LogP contribution in [0.15, 0.2) is 5.11 Å². The van der Waals surface area contributed by atoms with Crippen molar-refractivity contribution in [2.75, 3.05) is 6.54 Å². The first kappa shape index (κ1) is 11.3. The molecule has 1 aliphatic carbocycles. The van der Waals surface area contributed by atoms with E-state index in [-0.39, 0.29) is 6.54 Å². The fourth-order valence-corrected chi connectivity index (χ4v) is 2.48. The lowest BCUT2D eigenvalue weighted by molar-refractivity contribution is -0.0864. The van der Waals surface area contributed by atoms with Crippen molar-refractivity contribution in [3.8, 4) is 12.3 Å². The lowest BCUT2D eigenvalue weighted by Crippen LogP contribution is -2.52. The van der Waals surface area contributed by atoms with Gasteiger partial charge < -0.3 is 20.1 Å². The number of hydrogen-bond acceptors (Lipinski definition) is 5. The minimum Gasteiger partial charge on any atom is -0.387 e. The van der Waals surface area contributed by atoms with Gasteiger partial charge in [-0.1, -0.05) is 11.0 Å². The van der Waals surface area contributed by atoms with Gasteiger partial charge in [-0.2, -0.15) is 0 Å². The van der Waals surface area contributed by atoms with Gasteiger partial charge in [-0.25, -0.2) is 0 Å². The van der Waals surface area contributed by atoms with Gasteiger partial charge in [0.15, 0.2) is 11.2 Å².